The van der Waals surface area contributed by atoms with Crippen LogP contribution in [0.25, 0.3) is 0 Å². The summed E-state index contributed by atoms with van der Waals surface area (Å²) in [5.41, 5.74) is 2.40. The molecule has 0 saturated heterocycles. The topological polar surface area (TPSA) is 63.5 Å². The third kappa shape index (κ3) is 6.14. The Balaban J connectivity index is 1.73. The van der Waals surface area contributed by atoms with Crippen LogP contribution in [0.1, 0.15) is 18.1 Å². The fourth-order valence-corrected chi connectivity index (χ4v) is 2.63. The van der Waals surface area contributed by atoms with Gasteiger partial charge in [0.25, 0.3) is 0 Å². The maximum atomic E-state index is 5.38. The summed E-state index contributed by atoms with van der Waals surface area (Å²) in [4.78, 5) is 4.28. The number of benzene rings is 1. The van der Waals surface area contributed by atoms with Crippen molar-refractivity contribution in [3.05, 3.63) is 47.8 Å². The minimum atomic E-state index is 0.458. The highest BCUT2D eigenvalue weighted by atomic mass is 16.5. The van der Waals surface area contributed by atoms with Crippen LogP contribution in [0.4, 0.5) is 0 Å². The van der Waals surface area contributed by atoms with Gasteiger partial charge in [0.15, 0.2) is 5.96 Å². The molecule has 6 nitrogen and oxygen atoms in total. The van der Waals surface area contributed by atoms with Gasteiger partial charge in [-0.25, -0.2) is 0 Å². The summed E-state index contributed by atoms with van der Waals surface area (Å²) >= 11 is 0. The number of aromatic nitrogens is 2. The molecule has 0 aliphatic heterocycles. The smallest absolute Gasteiger partial charge is 0.190 e. The molecule has 2 aromatic rings. The van der Waals surface area contributed by atoms with E-state index in [9.17, 15) is 0 Å². The summed E-state index contributed by atoms with van der Waals surface area (Å²) in [6.45, 7) is 6.80. The number of guanidine groups is 1. The highest BCUT2D eigenvalue weighted by Gasteiger charge is 2.06. The largest absolute Gasteiger partial charge is 0.496 e. The maximum absolute atomic E-state index is 5.38. The standard InChI is InChI=1S/C19H29N5O/c1-15(14-24-11-5-9-23-24)13-22-19(20-3)21-10-8-17-7-6-16(2)18(12-17)25-4/h5-7,9,11-12,15H,8,10,13-14H2,1-4H3,(H2,20,21,22). The molecule has 0 saturated carbocycles. The number of methoxy groups -OCH3 is 1. The molecule has 2 N–H and O–H groups in total. The molecule has 0 aliphatic carbocycles. The quantitative estimate of drug-likeness (QED) is 0.570. The normalized spacial score (nSPS) is 12.7. The summed E-state index contributed by atoms with van der Waals surface area (Å²) in [6, 6.07) is 8.28. The molecule has 0 radical (unpaired) electrons. The molecule has 1 heterocycles. The van der Waals surface area contributed by atoms with Crippen LogP contribution in [0, 0.1) is 12.8 Å². The fraction of sp³-hybridized carbons (Fsp3) is 0.474. The zero-order valence-electron chi connectivity index (χ0n) is 15.6. The molecule has 1 aromatic heterocycles. The van der Waals surface area contributed by atoms with Gasteiger partial charge in [-0.05, 0) is 42.5 Å². The summed E-state index contributed by atoms with van der Waals surface area (Å²) in [5.74, 6) is 2.22. The first-order valence-electron chi connectivity index (χ1n) is 8.68. The summed E-state index contributed by atoms with van der Waals surface area (Å²) < 4.78 is 7.33. The van der Waals surface area contributed by atoms with Crippen LogP contribution in [-0.4, -0.2) is 43.0 Å². The van der Waals surface area contributed by atoms with Crippen LogP contribution in [-0.2, 0) is 13.0 Å². The molecule has 0 aliphatic rings. The van der Waals surface area contributed by atoms with Crippen molar-refractivity contribution in [2.24, 2.45) is 10.9 Å². The van der Waals surface area contributed by atoms with E-state index in [4.69, 9.17) is 4.74 Å². The third-order valence-corrected chi connectivity index (χ3v) is 4.08. The number of ether oxygens (including phenoxy) is 1. The van der Waals surface area contributed by atoms with Gasteiger partial charge in [0, 0.05) is 39.1 Å². The second kappa shape index (κ2) is 9.71. The average molecular weight is 343 g/mol. The molecular formula is C19H29N5O. The Hall–Kier alpha value is -2.50. The zero-order chi connectivity index (χ0) is 18.1. The van der Waals surface area contributed by atoms with Crippen LogP contribution in [0.2, 0.25) is 0 Å². The molecule has 0 spiro atoms. The van der Waals surface area contributed by atoms with Crippen LogP contribution < -0.4 is 15.4 Å². The van der Waals surface area contributed by atoms with Gasteiger partial charge in [0.2, 0.25) is 0 Å². The van der Waals surface area contributed by atoms with Gasteiger partial charge in [0.1, 0.15) is 5.75 Å². The van der Waals surface area contributed by atoms with Crippen LogP contribution in [0.15, 0.2) is 41.7 Å². The lowest BCUT2D eigenvalue weighted by Crippen LogP contribution is -2.40. The summed E-state index contributed by atoms with van der Waals surface area (Å²) in [7, 11) is 3.50. The molecular weight excluding hydrogens is 314 g/mol. The van der Waals surface area contributed by atoms with E-state index in [0.717, 1.165) is 43.3 Å². The van der Waals surface area contributed by atoms with Crippen LogP contribution in [0.3, 0.4) is 0 Å². The van der Waals surface area contributed by atoms with E-state index in [-0.39, 0.29) is 0 Å². The van der Waals surface area contributed by atoms with Crippen LogP contribution in [0.5, 0.6) is 5.75 Å². The fourth-order valence-electron chi connectivity index (χ4n) is 2.63. The van der Waals surface area contributed by atoms with E-state index >= 15 is 0 Å². The predicted molar refractivity (Wildman–Crippen MR) is 102 cm³/mol. The van der Waals surface area contributed by atoms with Crippen molar-refractivity contribution in [3.8, 4) is 5.75 Å². The average Bonchev–Trinajstić information content (AvgIpc) is 3.12. The number of rotatable bonds is 8. The lowest BCUT2D eigenvalue weighted by atomic mass is 10.1. The zero-order valence-corrected chi connectivity index (χ0v) is 15.6. The Kier molecular flexibility index (Phi) is 7.32. The Morgan fingerprint density at radius 3 is 2.88 bits per heavy atom. The minimum Gasteiger partial charge on any atom is -0.496 e. The van der Waals surface area contributed by atoms with Crippen molar-refractivity contribution >= 4 is 5.96 Å². The Morgan fingerprint density at radius 1 is 1.36 bits per heavy atom. The lowest BCUT2D eigenvalue weighted by Gasteiger charge is -2.16. The van der Waals surface area contributed by atoms with Gasteiger partial charge in [-0.1, -0.05) is 19.1 Å². The summed E-state index contributed by atoms with van der Waals surface area (Å²) in [6.07, 6.45) is 4.71. The minimum absolute atomic E-state index is 0.458. The summed E-state index contributed by atoms with van der Waals surface area (Å²) in [5, 5.41) is 11.0. The van der Waals surface area contributed by atoms with Gasteiger partial charge in [-0.3, -0.25) is 9.67 Å². The maximum Gasteiger partial charge on any atom is 0.190 e. The van der Waals surface area contributed by atoms with E-state index in [1.165, 1.54) is 5.56 Å². The van der Waals surface area contributed by atoms with E-state index < -0.39 is 0 Å². The molecule has 1 atom stereocenters. The molecule has 0 bridgehead atoms. The van der Waals surface area contributed by atoms with Gasteiger partial charge in [0.05, 0.1) is 7.11 Å². The van der Waals surface area contributed by atoms with Crippen molar-refractivity contribution in [1.29, 1.82) is 0 Å². The van der Waals surface area contributed by atoms with Crippen molar-refractivity contribution in [3.63, 3.8) is 0 Å². The molecule has 6 heteroatoms. The molecule has 0 fully saturated rings. The number of hydrogen-bond donors (Lipinski definition) is 2. The molecule has 1 aromatic carbocycles. The number of nitrogens with one attached hydrogen (secondary N) is 2. The Bertz CT molecular complexity index is 666. The van der Waals surface area contributed by atoms with E-state index in [1.54, 1.807) is 20.4 Å². The lowest BCUT2D eigenvalue weighted by molar-refractivity contribution is 0.411. The van der Waals surface area contributed by atoms with E-state index in [1.807, 2.05) is 16.9 Å². The predicted octanol–water partition coefficient (Wildman–Crippen LogP) is 2.24. The Morgan fingerprint density at radius 2 is 2.20 bits per heavy atom. The molecule has 2 rings (SSSR count). The van der Waals surface area contributed by atoms with Crippen LogP contribution >= 0.6 is 0 Å². The van der Waals surface area contributed by atoms with Gasteiger partial charge in [-0.15, -0.1) is 0 Å². The van der Waals surface area contributed by atoms with Crippen molar-refractivity contribution < 1.29 is 4.74 Å². The number of hydrogen-bond acceptors (Lipinski definition) is 3. The van der Waals surface area contributed by atoms with Crippen molar-refractivity contribution in [1.82, 2.24) is 20.4 Å². The number of aliphatic imine (C=N–C) groups is 1. The first-order chi connectivity index (χ1) is 12.1. The van der Waals surface area contributed by atoms with Gasteiger partial charge in [-0.2, -0.15) is 5.10 Å². The van der Waals surface area contributed by atoms with Gasteiger partial charge >= 0.3 is 0 Å². The van der Waals surface area contributed by atoms with Gasteiger partial charge < -0.3 is 15.4 Å². The first kappa shape index (κ1) is 18.8. The SMILES string of the molecule is CN=C(NCCc1ccc(C)c(OC)c1)NCC(C)Cn1cccn1. The van der Waals surface area contributed by atoms with E-state index in [0.29, 0.717) is 5.92 Å². The third-order valence-electron chi connectivity index (χ3n) is 4.08. The molecule has 25 heavy (non-hydrogen) atoms. The second-order valence-corrected chi connectivity index (χ2v) is 6.27. The molecule has 136 valence electrons. The monoisotopic (exact) mass is 343 g/mol. The highest BCUT2D eigenvalue weighted by molar-refractivity contribution is 5.79. The number of nitrogens with zero attached hydrogens (tertiary/aromatic N) is 3. The first-order valence-corrected chi connectivity index (χ1v) is 8.68. The van der Waals surface area contributed by atoms with E-state index in [2.05, 4.69) is 52.8 Å². The second-order valence-electron chi connectivity index (χ2n) is 6.27. The highest BCUT2D eigenvalue weighted by Crippen LogP contribution is 2.18. The van der Waals surface area contributed by atoms with Crippen molar-refractivity contribution in [2.75, 3.05) is 27.2 Å². The molecule has 0 amide bonds. The van der Waals surface area contributed by atoms with Crippen molar-refractivity contribution in [2.45, 2.75) is 26.8 Å². The Labute approximate surface area is 150 Å². The molecule has 1 unspecified atom stereocenters. The number of aryl methyl sites for hydroxylation is 1.